The molecule has 0 atom stereocenters. The summed E-state index contributed by atoms with van der Waals surface area (Å²) in [6.45, 7) is 6.66. The number of hydrogen-bond donors (Lipinski definition) is 1. The summed E-state index contributed by atoms with van der Waals surface area (Å²) in [6.07, 6.45) is 1.92. The molecule has 3 rings (SSSR count). The van der Waals surface area contributed by atoms with Crippen LogP contribution in [0.2, 0.25) is 0 Å². The minimum Gasteiger partial charge on any atom is -0.354 e. The highest BCUT2D eigenvalue weighted by Gasteiger charge is 2.15. The lowest BCUT2D eigenvalue weighted by molar-refractivity contribution is -0.121. The van der Waals surface area contributed by atoms with Gasteiger partial charge in [0.15, 0.2) is 0 Å². The summed E-state index contributed by atoms with van der Waals surface area (Å²) in [4.78, 5) is 25.1. The molecule has 5 heteroatoms. The number of amides is 1. The summed E-state index contributed by atoms with van der Waals surface area (Å²) in [5.41, 5.74) is 3.66. The third-order valence-corrected chi connectivity index (χ3v) is 4.66. The second kappa shape index (κ2) is 8.16. The van der Waals surface area contributed by atoms with Crippen LogP contribution in [-0.4, -0.2) is 22.2 Å². The Kier molecular flexibility index (Phi) is 5.69. The van der Waals surface area contributed by atoms with Gasteiger partial charge in [0.1, 0.15) is 6.54 Å². The Balaban J connectivity index is 2.11. The van der Waals surface area contributed by atoms with Crippen molar-refractivity contribution >= 4 is 16.7 Å². The predicted molar refractivity (Wildman–Crippen MR) is 109 cm³/mol. The number of nitrogens with one attached hydrogen (secondary N) is 1. The maximum atomic E-state index is 12.8. The molecule has 0 bridgehead atoms. The van der Waals surface area contributed by atoms with Crippen molar-refractivity contribution in [3.05, 3.63) is 63.9 Å². The number of rotatable bonds is 6. The summed E-state index contributed by atoms with van der Waals surface area (Å²) < 4.78 is 1.28. The molecule has 1 amide bonds. The average Bonchev–Trinajstić information content (AvgIpc) is 2.66. The fraction of sp³-hybridized carbons (Fsp3) is 0.318. The molecule has 3 aromatic rings. The Morgan fingerprint density at radius 2 is 1.85 bits per heavy atom. The minimum absolute atomic E-state index is 0.0781. The monoisotopic (exact) mass is 363 g/mol. The third kappa shape index (κ3) is 4.08. The second-order valence-corrected chi connectivity index (χ2v) is 6.88. The molecule has 5 nitrogen and oxygen atoms in total. The number of carbonyl (C=O) groups excluding carboxylic acids is 1. The normalized spacial score (nSPS) is 10.9. The molecule has 2 aromatic carbocycles. The van der Waals surface area contributed by atoms with Crippen molar-refractivity contribution in [1.82, 2.24) is 15.1 Å². The van der Waals surface area contributed by atoms with E-state index in [0.717, 1.165) is 40.6 Å². The van der Waals surface area contributed by atoms with Gasteiger partial charge >= 0.3 is 0 Å². The van der Waals surface area contributed by atoms with Crippen molar-refractivity contribution in [3.63, 3.8) is 0 Å². The number of aromatic nitrogens is 2. The van der Waals surface area contributed by atoms with E-state index in [1.807, 2.05) is 38.1 Å². The van der Waals surface area contributed by atoms with Gasteiger partial charge in [-0.15, -0.1) is 0 Å². The molecule has 1 heterocycles. The molecule has 0 radical (unpaired) electrons. The maximum absolute atomic E-state index is 12.8. The largest absolute Gasteiger partial charge is 0.354 e. The van der Waals surface area contributed by atoms with Crippen LogP contribution in [0.1, 0.15) is 30.9 Å². The molecule has 0 unspecified atom stereocenters. The zero-order chi connectivity index (χ0) is 19.4. The molecule has 0 aliphatic carbocycles. The number of fused-ring (bicyclic) bond motifs is 1. The van der Waals surface area contributed by atoms with E-state index in [1.54, 1.807) is 6.07 Å². The molecule has 0 aliphatic heterocycles. The zero-order valence-electron chi connectivity index (χ0n) is 16.1. The summed E-state index contributed by atoms with van der Waals surface area (Å²) in [6, 6.07) is 13.6. The Morgan fingerprint density at radius 3 is 2.59 bits per heavy atom. The first-order valence-electron chi connectivity index (χ1n) is 9.35. The number of carbonyl (C=O) groups is 1. The first kappa shape index (κ1) is 18.8. The lowest BCUT2D eigenvalue weighted by Gasteiger charge is -2.13. The van der Waals surface area contributed by atoms with E-state index >= 15 is 0 Å². The molecule has 0 spiro atoms. The van der Waals surface area contributed by atoms with E-state index in [0.29, 0.717) is 11.9 Å². The van der Waals surface area contributed by atoms with Crippen molar-refractivity contribution in [1.29, 1.82) is 0 Å². The number of unbranched alkanes of at least 4 members (excludes halogenated alkanes) is 1. The van der Waals surface area contributed by atoms with Gasteiger partial charge in [-0.05, 0) is 38.0 Å². The van der Waals surface area contributed by atoms with Gasteiger partial charge in [-0.2, -0.15) is 5.10 Å². The van der Waals surface area contributed by atoms with Crippen LogP contribution in [0.15, 0.2) is 47.3 Å². The molecule has 140 valence electrons. The SMILES string of the molecule is CCCCNC(=O)Cn1nc(-c2cc(C)ccc2C)c2ccccc2c1=O. The van der Waals surface area contributed by atoms with E-state index in [1.165, 1.54) is 4.68 Å². The van der Waals surface area contributed by atoms with Crippen molar-refractivity contribution in [3.8, 4) is 11.3 Å². The van der Waals surface area contributed by atoms with Gasteiger partial charge in [-0.3, -0.25) is 9.59 Å². The van der Waals surface area contributed by atoms with Crippen molar-refractivity contribution < 1.29 is 4.79 Å². The van der Waals surface area contributed by atoms with E-state index in [2.05, 4.69) is 29.5 Å². The zero-order valence-corrected chi connectivity index (χ0v) is 16.1. The van der Waals surface area contributed by atoms with E-state index in [4.69, 9.17) is 0 Å². The number of hydrogen-bond acceptors (Lipinski definition) is 3. The number of nitrogens with zero attached hydrogens (tertiary/aromatic N) is 2. The van der Waals surface area contributed by atoms with Crippen LogP contribution >= 0.6 is 0 Å². The molecule has 0 saturated carbocycles. The summed E-state index contributed by atoms with van der Waals surface area (Å²) >= 11 is 0. The Hall–Kier alpha value is -2.95. The summed E-state index contributed by atoms with van der Waals surface area (Å²) in [5, 5.41) is 8.81. The average molecular weight is 363 g/mol. The fourth-order valence-electron chi connectivity index (χ4n) is 3.13. The van der Waals surface area contributed by atoms with Crippen LogP contribution in [0.3, 0.4) is 0 Å². The van der Waals surface area contributed by atoms with E-state index in [-0.39, 0.29) is 18.0 Å². The maximum Gasteiger partial charge on any atom is 0.275 e. The highest BCUT2D eigenvalue weighted by Crippen LogP contribution is 2.28. The number of aryl methyl sites for hydroxylation is 2. The fourth-order valence-corrected chi connectivity index (χ4v) is 3.13. The molecular formula is C22H25N3O2. The lowest BCUT2D eigenvalue weighted by Crippen LogP contribution is -2.34. The van der Waals surface area contributed by atoms with Crippen LogP contribution in [-0.2, 0) is 11.3 Å². The molecule has 1 N–H and O–H groups in total. The van der Waals surface area contributed by atoms with Gasteiger partial charge in [0.25, 0.3) is 5.56 Å². The van der Waals surface area contributed by atoms with Crippen molar-refractivity contribution in [2.45, 2.75) is 40.2 Å². The van der Waals surface area contributed by atoms with Gasteiger partial charge in [-0.1, -0.05) is 49.2 Å². The molecular weight excluding hydrogens is 338 g/mol. The quantitative estimate of drug-likeness (QED) is 0.681. The lowest BCUT2D eigenvalue weighted by atomic mass is 9.99. The molecule has 0 saturated heterocycles. The van der Waals surface area contributed by atoms with Crippen LogP contribution in [0.4, 0.5) is 0 Å². The summed E-state index contributed by atoms with van der Waals surface area (Å²) in [5.74, 6) is -0.194. The van der Waals surface area contributed by atoms with E-state index < -0.39 is 0 Å². The van der Waals surface area contributed by atoms with Gasteiger partial charge in [0, 0.05) is 17.5 Å². The highest BCUT2D eigenvalue weighted by molar-refractivity contribution is 5.94. The predicted octanol–water partition coefficient (Wildman–Crippen LogP) is 3.60. The first-order chi connectivity index (χ1) is 13.0. The van der Waals surface area contributed by atoms with Crippen molar-refractivity contribution in [2.75, 3.05) is 6.54 Å². The van der Waals surface area contributed by atoms with Gasteiger partial charge in [0.05, 0.1) is 11.1 Å². The highest BCUT2D eigenvalue weighted by atomic mass is 16.2. The van der Waals surface area contributed by atoms with Crippen molar-refractivity contribution in [2.24, 2.45) is 0 Å². The van der Waals surface area contributed by atoms with Gasteiger partial charge in [-0.25, -0.2) is 4.68 Å². The number of benzene rings is 2. The molecule has 0 fully saturated rings. The molecule has 1 aromatic heterocycles. The van der Waals surface area contributed by atoms with Crippen LogP contribution in [0.5, 0.6) is 0 Å². The second-order valence-electron chi connectivity index (χ2n) is 6.88. The standard InChI is InChI=1S/C22H25N3O2/c1-4-5-12-23-20(26)14-25-22(27)18-9-7-6-8-17(18)21(24-25)19-13-15(2)10-11-16(19)3/h6-11,13H,4-5,12,14H2,1-3H3,(H,23,26). The smallest absolute Gasteiger partial charge is 0.275 e. The van der Waals surface area contributed by atoms with Gasteiger partial charge in [0.2, 0.25) is 5.91 Å². The van der Waals surface area contributed by atoms with Crippen LogP contribution in [0, 0.1) is 13.8 Å². The summed E-state index contributed by atoms with van der Waals surface area (Å²) in [7, 11) is 0. The topological polar surface area (TPSA) is 64.0 Å². The third-order valence-electron chi connectivity index (χ3n) is 4.66. The Labute approximate surface area is 159 Å². The van der Waals surface area contributed by atoms with Crippen LogP contribution < -0.4 is 10.9 Å². The first-order valence-corrected chi connectivity index (χ1v) is 9.35. The van der Waals surface area contributed by atoms with E-state index in [9.17, 15) is 9.59 Å². The molecule has 27 heavy (non-hydrogen) atoms. The Bertz CT molecular complexity index is 1040. The van der Waals surface area contributed by atoms with Gasteiger partial charge < -0.3 is 5.32 Å². The molecule has 0 aliphatic rings. The minimum atomic E-state index is -0.245. The van der Waals surface area contributed by atoms with Crippen LogP contribution in [0.25, 0.3) is 22.0 Å². The Morgan fingerprint density at radius 1 is 1.11 bits per heavy atom.